The Hall–Kier alpha value is -2.77. The van der Waals surface area contributed by atoms with Gasteiger partial charge in [-0.05, 0) is 42.0 Å². The zero-order chi connectivity index (χ0) is 21.0. The first kappa shape index (κ1) is 21.0. The highest BCUT2D eigenvalue weighted by atomic mass is 35.5. The summed E-state index contributed by atoms with van der Waals surface area (Å²) in [7, 11) is 0. The molecule has 1 N–H and O–H groups in total. The fraction of sp³-hybridized carbons (Fsp3) is 0.100. The van der Waals surface area contributed by atoms with Crippen molar-refractivity contribution in [2.24, 2.45) is 5.10 Å². The summed E-state index contributed by atoms with van der Waals surface area (Å²) in [6, 6.07) is 12.8. The van der Waals surface area contributed by atoms with Crippen LogP contribution in [0.5, 0.6) is 0 Å². The Morgan fingerprint density at radius 1 is 1.10 bits per heavy atom. The van der Waals surface area contributed by atoms with E-state index in [0.717, 1.165) is 12.1 Å². The summed E-state index contributed by atoms with van der Waals surface area (Å²) in [6.45, 7) is 0. The van der Waals surface area contributed by atoms with Crippen molar-refractivity contribution in [2.75, 3.05) is 0 Å². The van der Waals surface area contributed by atoms with E-state index in [2.05, 4.69) is 10.5 Å². The molecule has 3 aromatic rings. The van der Waals surface area contributed by atoms with Crippen LogP contribution in [0.1, 0.15) is 16.9 Å². The second kappa shape index (κ2) is 8.71. The molecule has 1 aromatic heterocycles. The normalized spacial score (nSPS) is 11.8. The van der Waals surface area contributed by atoms with E-state index < -0.39 is 17.6 Å². The number of amides is 1. The molecule has 0 aliphatic carbocycles. The van der Waals surface area contributed by atoms with Gasteiger partial charge in [0.15, 0.2) is 0 Å². The lowest BCUT2D eigenvalue weighted by molar-refractivity contribution is -0.137. The Morgan fingerprint density at radius 2 is 1.90 bits per heavy atom. The molecule has 2 aromatic carbocycles. The molecule has 1 amide bonds. The minimum atomic E-state index is -4.46. The van der Waals surface area contributed by atoms with E-state index in [0.29, 0.717) is 27.1 Å². The first-order chi connectivity index (χ1) is 13.7. The second-order valence-corrected chi connectivity index (χ2v) is 6.84. The molecule has 0 bridgehead atoms. The average molecular weight is 441 g/mol. The molecule has 0 saturated heterocycles. The smallest absolute Gasteiger partial charge is 0.416 e. The van der Waals surface area contributed by atoms with Gasteiger partial charge in [-0.3, -0.25) is 4.79 Å². The third kappa shape index (κ3) is 5.62. The van der Waals surface area contributed by atoms with Crippen molar-refractivity contribution in [3.63, 3.8) is 0 Å². The maximum Gasteiger partial charge on any atom is 0.416 e. The van der Waals surface area contributed by atoms with Crippen molar-refractivity contribution in [3.05, 3.63) is 81.5 Å². The number of carbonyl (C=O) groups excluding carboxylic acids is 1. The summed E-state index contributed by atoms with van der Waals surface area (Å²) >= 11 is 12.1. The van der Waals surface area contributed by atoms with Crippen LogP contribution in [0.15, 0.2) is 64.1 Å². The van der Waals surface area contributed by atoms with E-state index in [1.165, 1.54) is 18.3 Å². The number of hydrogen-bond donors (Lipinski definition) is 1. The highest BCUT2D eigenvalue weighted by Gasteiger charge is 2.30. The number of carbonyl (C=O) groups is 1. The Bertz CT molecular complexity index is 1060. The molecule has 0 unspecified atom stereocenters. The molecule has 0 saturated carbocycles. The van der Waals surface area contributed by atoms with Crippen LogP contribution in [0, 0.1) is 0 Å². The second-order valence-electron chi connectivity index (χ2n) is 5.99. The molecule has 0 radical (unpaired) electrons. The van der Waals surface area contributed by atoms with Crippen molar-refractivity contribution in [2.45, 2.75) is 12.6 Å². The quantitative estimate of drug-likeness (QED) is 0.392. The number of furan rings is 1. The number of hydrazone groups is 1. The number of halogens is 5. The van der Waals surface area contributed by atoms with Crippen LogP contribution in [0.2, 0.25) is 10.0 Å². The molecule has 150 valence electrons. The fourth-order valence-corrected chi connectivity index (χ4v) is 2.89. The van der Waals surface area contributed by atoms with Crippen molar-refractivity contribution in [1.29, 1.82) is 0 Å². The first-order valence-corrected chi connectivity index (χ1v) is 9.01. The Morgan fingerprint density at radius 3 is 2.66 bits per heavy atom. The largest absolute Gasteiger partial charge is 0.455 e. The summed E-state index contributed by atoms with van der Waals surface area (Å²) < 4.78 is 43.7. The van der Waals surface area contributed by atoms with Gasteiger partial charge in [0.05, 0.1) is 23.2 Å². The number of hydrogen-bond acceptors (Lipinski definition) is 3. The molecule has 0 aliphatic rings. The van der Waals surface area contributed by atoms with Crippen molar-refractivity contribution in [3.8, 4) is 11.3 Å². The summed E-state index contributed by atoms with van der Waals surface area (Å²) in [5.41, 5.74) is 2.27. The van der Waals surface area contributed by atoms with E-state index in [1.807, 2.05) is 0 Å². The van der Waals surface area contributed by atoms with Crippen LogP contribution in [-0.2, 0) is 17.4 Å². The van der Waals surface area contributed by atoms with E-state index in [-0.39, 0.29) is 12.0 Å². The van der Waals surface area contributed by atoms with Gasteiger partial charge in [-0.15, -0.1) is 0 Å². The van der Waals surface area contributed by atoms with Crippen LogP contribution in [0.4, 0.5) is 13.2 Å². The zero-order valence-corrected chi connectivity index (χ0v) is 16.1. The SMILES string of the molecule is O=C(Cc1cccc(C(F)(F)F)c1)N/N=C\c1ccc(-c2cc(Cl)ccc2Cl)o1. The number of rotatable bonds is 5. The van der Waals surface area contributed by atoms with Gasteiger partial charge in [0, 0.05) is 10.6 Å². The van der Waals surface area contributed by atoms with Gasteiger partial charge in [-0.2, -0.15) is 18.3 Å². The molecule has 0 spiro atoms. The Labute approximate surface area is 173 Å². The summed E-state index contributed by atoms with van der Waals surface area (Å²) in [4.78, 5) is 11.9. The average Bonchev–Trinajstić information content (AvgIpc) is 3.12. The highest BCUT2D eigenvalue weighted by molar-refractivity contribution is 6.35. The first-order valence-electron chi connectivity index (χ1n) is 8.25. The lowest BCUT2D eigenvalue weighted by Gasteiger charge is -2.08. The van der Waals surface area contributed by atoms with Gasteiger partial charge < -0.3 is 4.42 Å². The summed E-state index contributed by atoms with van der Waals surface area (Å²) in [5.74, 6) is 0.245. The maximum atomic E-state index is 12.7. The van der Waals surface area contributed by atoms with E-state index >= 15 is 0 Å². The van der Waals surface area contributed by atoms with Crippen LogP contribution in [0.3, 0.4) is 0 Å². The van der Waals surface area contributed by atoms with E-state index in [1.54, 1.807) is 30.3 Å². The molecule has 1 heterocycles. The molecular formula is C20H13Cl2F3N2O2. The Kier molecular flexibility index (Phi) is 6.30. The number of nitrogens with zero attached hydrogens (tertiary/aromatic N) is 1. The van der Waals surface area contributed by atoms with Crippen LogP contribution >= 0.6 is 23.2 Å². The van der Waals surface area contributed by atoms with Gasteiger partial charge in [0.1, 0.15) is 11.5 Å². The molecule has 0 atom stereocenters. The van der Waals surface area contributed by atoms with Gasteiger partial charge >= 0.3 is 6.18 Å². The molecule has 0 fully saturated rings. The number of alkyl halides is 3. The lowest BCUT2D eigenvalue weighted by Crippen LogP contribution is -2.20. The third-order valence-electron chi connectivity index (χ3n) is 3.82. The standard InChI is InChI=1S/C20H13Cl2F3N2O2/c21-14-4-6-17(22)16(10-14)18-7-5-15(29-18)11-26-27-19(28)9-12-2-1-3-13(8-12)20(23,24)25/h1-8,10-11H,9H2,(H,27,28)/b26-11-. The minimum Gasteiger partial charge on any atom is -0.455 e. The topological polar surface area (TPSA) is 54.6 Å². The molecular weight excluding hydrogens is 428 g/mol. The zero-order valence-electron chi connectivity index (χ0n) is 14.6. The molecule has 3 rings (SSSR count). The predicted molar refractivity (Wildman–Crippen MR) is 105 cm³/mol. The molecule has 0 aliphatic heterocycles. The van der Waals surface area contributed by atoms with Gasteiger partial charge in [-0.25, -0.2) is 5.43 Å². The summed E-state index contributed by atoms with van der Waals surface area (Å²) in [6.07, 6.45) is -3.44. The van der Waals surface area contributed by atoms with Crippen LogP contribution in [-0.4, -0.2) is 12.1 Å². The fourth-order valence-electron chi connectivity index (χ4n) is 2.50. The number of benzene rings is 2. The monoisotopic (exact) mass is 440 g/mol. The van der Waals surface area contributed by atoms with E-state index in [9.17, 15) is 18.0 Å². The third-order valence-corrected chi connectivity index (χ3v) is 4.39. The summed E-state index contributed by atoms with van der Waals surface area (Å²) in [5, 5.41) is 4.71. The van der Waals surface area contributed by atoms with Crippen molar-refractivity contribution >= 4 is 35.3 Å². The minimum absolute atomic E-state index is 0.225. The van der Waals surface area contributed by atoms with Crippen molar-refractivity contribution < 1.29 is 22.4 Å². The van der Waals surface area contributed by atoms with Crippen LogP contribution < -0.4 is 5.43 Å². The Balaban J connectivity index is 1.61. The van der Waals surface area contributed by atoms with Gasteiger partial charge in [0.2, 0.25) is 5.91 Å². The van der Waals surface area contributed by atoms with Crippen LogP contribution in [0.25, 0.3) is 11.3 Å². The maximum absolute atomic E-state index is 12.7. The molecule has 9 heteroatoms. The van der Waals surface area contributed by atoms with Gasteiger partial charge in [-0.1, -0.05) is 41.4 Å². The lowest BCUT2D eigenvalue weighted by atomic mass is 10.1. The highest BCUT2D eigenvalue weighted by Crippen LogP contribution is 2.31. The number of nitrogens with one attached hydrogen (secondary N) is 1. The molecule has 4 nitrogen and oxygen atoms in total. The van der Waals surface area contributed by atoms with E-state index in [4.69, 9.17) is 27.6 Å². The van der Waals surface area contributed by atoms with Gasteiger partial charge in [0.25, 0.3) is 0 Å². The predicted octanol–water partition coefficient (Wildman–Crippen LogP) is 5.97. The molecule has 29 heavy (non-hydrogen) atoms. The van der Waals surface area contributed by atoms with Crippen molar-refractivity contribution in [1.82, 2.24) is 5.43 Å².